The third-order valence-electron chi connectivity index (χ3n) is 4.16. The highest BCUT2D eigenvalue weighted by Gasteiger charge is 2.09. The molecule has 0 fully saturated rings. The SMILES string of the molecule is COc1ccc(OC)c(Nc2cc(Nc3ccc(N(C)C)cc3)nc(C)n2)c1. The fourth-order valence-corrected chi connectivity index (χ4v) is 2.74. The van der Waals surface area contributed by atoms with Crippen LogP contribution in [0.25, 0.3) is 0 Å². The molecule has 0 bridgehead atoms. The number of nitrogens with zero attached hydrogens (tertiary/aromatic N) is 3. The lowest BCUT2D eigenvalue weighted by Crippen LogP contribution is -2.08. The average Bonchev–Trinajstić information content (AvgIpc) is 2.68. The van der Waals surface area contributed by atoms with E-state index in [1.807, 2.05) is 57.4 Å². The maximum atomic E-state index is 5.42. The first-order chi connectivity index (χ1) is 13.5. The minimum atomic E-state index is 0.652. The number of hydrogen-bond donors (Lipinski definition) is 2. The van der Waals surface area contributed by atoms with Crippen LogP contribution in [0, 0.1) is 6.92 Å². The Morgan fingerprint density at radius 3 is 2.11 bits per heavy atom. The zero-order chi connectivity index (χ0) is 20.1. The van der Waals surface area contributed by atoms with Crippen molar-refractivity contribution in [2.75, 3.05) is 43.8 Å². The van der Waals surface area contributed by atoms with Crippen molar-refractivity contribution in [3.63, 3.8) is 0 Å². The van der Waals surface area contributed by atoms with Gasteiger partial charge in [0.1, 0.15) is 29.0 Å². The summed E-state index contributed by atoms with van der Waals surface area (Å²) in [7, 11) is 7.29. The second-order valence-electron chi connectivity index (χ2n) is 6.44. The van der Waals surface area contributed by atoms with Gasteiger partial charge in [0.25, 0.3) is 0 Å². The smallest absolute Gasteiger partial charge is 0.142 e. The summed E-state index contributed by atoms with van der Waals surface area (Å²) >= 11 is 0. The maximum absolute atomic E-state index is 5.42. The van der Waals surface area contributed by atoms with Gasteiger partial charge in [-0.3, -0.25) is 0 Å². The fraction of sp³-hybridized carbons (Fsp3) is 0.238. The molecule has 7 heteroatoms. The highest BCUT2D eigenvalue weighted by molar-refractivity contribution is 5.69. The second-order valence-corrected chi connectivity index (χ2v) is 6.44. The van der Waals surface area contributed by atoms with E-state index in [1.54, 1.807) is 14.2 Å². The number of rotatable bonds is 7. The molecule has 1 heterocycles. The van der Waals surface area contributed by atoms with Crippen LogP contribution in [0.3, 0.4) is 0 Å². The topological polar surface area (TPSA) is 71.5 Å². The number of aryl methyl sites for hydroxylation is 1. The molecule has 0 saturated heterocycles. The quantitative estimate of drug-likeness (QED) is 0.632. The molecule has 2 N–H and O–H groups in total. The summed E-state index contributed by atoms with van der Waals surface area (Å²) in [4.78, 5) is 11.0. The van der Waals surface area contributed by atoms with Gasteiger partial charge < -0.3 is 25.0 Å². The molecule has 0 radical (unpaired) electrons. The Labute approximate surface area is 165 Å². The Kier molecular flexibility index (Phi) is 5.84. The van der Waals surface area contributed by atoms with Crippen molar-refractivity contribution in [1.29, 1.82) is 0 Å². The molecular formula is C21H25N5O2. The van der Waals surface area contributed by atoms with Crippen molar-refractivity contribution >= 4 is 28.7 Å². The lowest BCUT2D eigenvalue weighted by atomic mass is 10.2. The van der Waals surface area contributed by atoms with Gasteiger partial charge >= 0.3 is 0 Å². The summed E-state index contributed by atoms with van der Waals surface area (Å²) < 4.78 is 10.7. The molecule has 28 heavy (non-hydrogen) atoms. The zero-order valence-corrected chi connectivity index (χ0v) is 16.8. The normalized spacial score (nSPS) is 10.3. The summed E-state index contributed by atoms with van der Waals surface area (Å²) in [5, 5.41) is 6.61. The van der Waals surface area contributed by atoms with Gasteiger partial charge in [0, 0.05) is 37.6 Å². The van der Waals surface area contributed by atoms with Crippen LogP contribution in [0.1, 0.15) is 5.82 Å². The molecule has 0 atom stereocenters. The van der Waals surface area contributed by atoms with Crippen LogP contribution in [0.4, 0.5) is 28.7 Å². The van der Waals surface area contributed by atoms with Gasteiger partial charge in [-0.1, -0.05) is 0 Å². The molecule has 0 aliphatic rings. The Hall–Kier alpha value is -3.48. The first-order valence-corrected chi connectivity index (χ1v) is 8.87. The molecule has 0 amide bonds. The monoisotopic (exact) mass is 379 g/mol. The van der Waals surface area contributed by atoms with Crippen molar-refractivity contribution < 1.29 is 9.47 Å². The number of hydrogen-bond acceptors (Lipinski definition) is 7. The second kappa shape index (κ2) is 8.47. The number of anilines is 5. The predicted octanol–water partition coefficient (Wildman–Crippen LogP) is 4.36. The first-order valence-electron chi connectivity index (χ1n) is 8.87. The zero-order valence-electron chi connectivity index (χ0n) is 16.8. The average molecular weight is 379 g/mol. The van der Waals surface area contributed by atoms with Crippen molar-refractivity contribution in [3.8, 4) is 11.5 Å². The molecule has 1 aromatic heterocycles. The van der Waals surface area contributed by atoms with Gasteiger partial charge in [-0.2, -0.15) is 0 Å². The number of ether oxygens (including phenoxy) is 2. The van der Waals surface area contributed by atoms with Crippen LogP contribution in [0.5, 0.6) is 11.5 Å². The van der Waals surface area contributed by atoms with Crippen LogP contribution in [0.2, 0.25) is 0 Å². The molecule has 2 aromatic carbocycles. The van der Waals surface area contributed by atoms with E-state index >= 15 is 0 Å². The number of aromatic nitrogens is 2. The molecule has 3 aromatic rings. The van der Waals surface area contributed by atoms with Gasteiger partial charge in [0.15, 0.2) is 0 Å². The van der Waals surface area contributed by atoms with E-state index in [0.717, 1.165) is 22.8 Å². The minimum Gasteiger partial charge on any atom is -0.497 e. The highest BCUT2D eigenvalue weighted by atomic mass is 16.5. The van der Waals surface area contributed by atoms with Gasteiger partial charge in [-0.15, -0.1) is 0 Å². The van der Waals surface area contributed by atoms with Gasteiger partial charge in [-0.25, -0.2) is 9.97 Å². The Balaban J connectivity index is 1.84. The van der Waals surface area contributed by atoms with E-state index in [9.17, 15) is 0 Å². The van der Waals surface area contributed by atoms with Crippen LogP contribution in [-0.4, -0.2) is 38.3 Å². The van der Waals surface area contributed by atoms with E-state index in [-0.39, 0.29) is 0 Å². The van der Waals surface area contributed by atoms with Crippen LogP contribution in [-0.2, 0) is 0 Å². The highest BCUT2D eigenvalue weighted by Crippen LogP contribution is 2.31. The number of nitrogens with one attached hydrogen (secondary N) is 2. The maximum Gasteiger partial charge on any atom is 0.142 e. The predicted molar refractivity (Wildman–Crippen MR) is 114 cm³/mol. The number of benzene rings is 2. The van der Waals surface area contributed by atoms with E-state index < -0.39 is 0 Å². The molecule has 3 rings (SSSR count). The Morgan fingerprint density at radius 2 is 1.50 bits per heavy atom. The molecule has 0 aliphatic carbocycles. The molecule has 146 valence electrons. The summed E-state index contributed by atoms with van der Waals surface area (Å²) in [6.07, 6.45) is 0. The van der Waals surface area contributed by atoms with Crippen LogP contribution in [0.15, 0.2) is 48.5 Å². The number of methoxy groups -OCH3 is 2. The van der Waals surface area contributed by atoms with Crippen molar-refractivity contribution in [2.45, 2.75) is 6.92 Å². The largest absolute Gasteiger partial charge is 0.497 e. The Bertz CT molecular complexity index is 942. The molecule has 0 saturated carbocycles. The van der Waals surface area contributed by atoms with Gasteiger partial charge in [-0.05, 0) is 43.3 Å². The lowest BCUT2D eigenvalue weighted by molar-refractivity contribution is 0.405. The minimum absolute atomic E-state index is 0.652. The molecule has 7 nitrogen and oxygen atoms in total. The standard InChI is InChI=1S/C21H25N5O2/c1-14-22-20(24-15-6-8-16(9-7-15)26(2)3)13-21(23-14)25-18-12-17(27-4)10-11-19(18)28-5/h6-13H,1-5H3,(H2,22,23,24,25). The van der Waals surface area contributed by atoms with Crippen molar-refractivity contribution in [3.05, 3.63) is 54.4 Å². The third kappa shape index (κ3) is 4.62. The summed E-state index contributed by atoms with van der Waals surface area (Å²) in [5.41, 5.74) is 2.85. The first kappa shape index (κ1) is 19.3. The van der Waals surface area contributed by atoms with Crippen molar-refractivity contribution in [2.24, 2.45) is 0 Å². The fourth-order valence-electron chi connectivity index (χ4n) is 2.74. The molecular weight excluding hydrogens is 354 g/mol. The van der Waals surface area contributed by atoms with Crippen molar-refractivity contribution in [1.82, 2.24) is 9.97 Å². The summed E-state index contributed by atoms with van der Waals surface area (Å²) in [5.74, 6) is 3.44. The van der Waals surface area contributed by atoms with Gasteiger partial charge in [0.05, 0.1) is 19.9 Å². The molecule has 0 spiro atoms. The van der Waals surface area contributed by atoms with E-state index in [2.05, 4.69) is 37.6 Å². The van der Waals surface area contributed by atoms with E-state index in [0.29, 0.717) is 23.2 Å². The lowest BCUT2D eigenvalue weighted by Gasteiger charge is -2.15. The van der Waals surface area contributed by atoms with E-state index in [1.165, 1.54) is 0 Å². The summed E-state index contributed by atoms with van der Waals surface area (Å²) in [6.45, 7) is 1.86. The molecule has 0 unspecified atom stereocenters. The van der Waals surface area contributed by atoms with Crippen LogP contribution < -0.4 is 25.0 Å². The Morgan fingerprint density at radius 1 is 0.821 bits per heavy atom. The van der Waals surface area contributed by atoms with E-state index in [4.69, 9.17) is 9.47 Å². The molecule has 0 aliphatic heterocycles. The third-order valence-corrected chi connectivity index (χ3v) is 4.16. The summed E-state index contributed by atoms with van der Waals surface area (Å²) in [6, 6.07) is 15.6. The van der Waals surface area contributed by atoms with Gasteiger partial charge in [0.2, 0.25) is 0 Å². The van der Waals surface area contributed by atoms with Crippen LogP contribution >= 0.6 is 0 Å².